The van der Waals surface area contributed by atoms with Gasteiger partial charge in [-0.2, -0.15) is 0 Å². The number of methoxy groups -OCH3 is 1. The molecule has 1 fully saturated rings. The van der Waals surface area contributed by atoms with Gasteiger partial charge < -0.3 is 13.7 Å². The van der Waals surface area contributed by atoms with Crippen LogP contribution in [0, 0.1) is 6.92 Å². The molecule has 4 aromatic rings. The minimum Gasteiger partial charge on any atom is -0.497 e. The Morgan fingerprint density at radius 1 is 1.00 bits per heavy atom. The molecule has 0 spiro atoms. The Bertz CT molecular complexity index is 1180. The lowest BCUT2D eigenvalue weighted by Gasteiger charge is -2.29. The van der Waals surface area contributed by atoms with Crippen molar-refractivity contribution in [3.8, 4) is 28.5 Å². The molecule has 0 radical (unpaired) electrons. The van der Waals surface area contributed by atoms with Crippen molar-refractivity contribution in [3.63, 3.8) is 0 Å². The van der Waals surface area contributed by atoms with Crippen molar-refractivity contribution in [3.05, 3.63) is 71.8 Å². The van der Waals surface area contributed by atoms with Gasteiger partial charge in [0.05, 0.1) is 13.7 Å². The van der Waals surface area contributed by atoms with Crippen molar-refractivity contribution in [2.45, 2.75) is 45.2 Å². The Kier molecular flexibility index (Phi) is 6.21. The van der Waals surface area contributed by atoms with Crippen LogP contribution in [0.4, 0.5) is 0 Å². The lowest BCUT2D eigenvalue weighted by Crippen LogP contribution is -2.28. The van der Waals surface area contributed by atoms with Crippen molar-refractivity contribution in [1.29, 1.82) is 0 Å². The highest BCUT2D eigenvalue weighted by Crippen LogP contribution is 2.35. The fourth-order valence-corrected chi connectivity index (χ4v) is 4.57. The van der Waals surface area contributed by atoms with Crippen molar-refractivity contribution in [1.82, 2.24) is 20.3 Å². The number of aryl methyl sites for hydroxylation is 1. The van der Waals surface area contributed by atoms with Gasteiger partial charge in [0.15, 0.2) is 0 Å². The number of rotatable bonds is 6. The molecular formula is C26H28N4O3. The third-order valence-electron chi connectivity index (χ3n) is 6.29. The number of nitrogens with zero attached hydrogens (tertiary/aromatic N) is 4. The van der Waals surface area contributed by atoms with Gasteiger partial charge in [0, 0.05) is 11.6 Å². The quantitative estimate of drug-likeness (QED) is 0.370. The van der Waals surface area contributed by atoms with Crippen LogP contribution in [0.25, 0.3) is 22.7 Å². The van der Waals surface area contributed by atoms with Gasteiger partial charge in [0.25, 0.3) is 5.89 Å². The van der Waals surface area contributed by atoms with Crippen LogP contribution in [0.5, 0.6) is 5.75 Å². The Labute approximate surface area is 193 Å². The highest BCUT2D eigenvalue weighted by Gasteiger charge is 2.26. The van der Waals surface area contributed by atoms with Crippen molar-refractivity contribution < 1.29 is 13.7 Å². The first-order chi connectivity index (χ1) is 16.2. The summed E-state index contributed by atoms with van der Waals surface area (Å²) in [6.07, 6.45) is 4.72. The summed E-state index contributed by atoms with van der Waals surface area (Å²) in [7, 11) is 1.70. The van der Waals surface area contributed by atoms with Crippen LogP contribution in [0.2, 0.25) is 0 Å². The van der Waals surface area contributed by atoms with Crippen molar-refractivity contribution in [2.75, 3.05) is 13.7 Å². The van der Waals surface area contributed by atoms with E-state index in [0.717, 1.165) is 36.3 Å². The van der Waals surface area contributed by atoms with Gasteiger partial charge in [0.2, 0.25) is 5.89 Å². The molecule has 33 heavy (non-hydrogen) atoms. The van der Waals surface area contributed by atoms with E-state index < -0.39 is 0 Å². The second kappa shape index (κ2) is 9.58. The Morgan fingerprint density at radius 2 is 1.82 bits per heavy atom. The molecule has 1 aliphatic heterocycles. The molecule has 170 valence electrons. The largest absolute Gasteiger partial charge is 0.497 e. The minimum absolute atomic E-state index is 0.311. The van der Waals surface area contributed by atoms with Gasteiger partial charge in [0.1, 0.15) is 22.8 Å². The van der Waals surface area contributed by atoms with Gasteiger partial charge in [-0.25, -0.2) is 0 Å². The zero-order valence-electron chi connectivity index (χ0n) is 19.0. The normalized spacial score (nSPS) is 17.1. The molecule has 0 amide bonds. The summed E-state index contributed by atoms with van der Waals surface area (Å²) in [5.74, 6) is 2.58. The highest BCUT2D eigenvalue weighted by molar-refractivity contribution is 5.77. The summed E-state index contributed by atoms with van der Waals surface area (Å²) in [6, 6.07) is 18.6. The maximum atomic E-state index is 6.15. The molecule has 2 aromatic heterocycles. The van der Waals surface area contributed by atoms with E-state index in [9.17, 15) is 0 Å². The monoisotopic (exact) mass is 444 g/mol. The molecule has 0 unspecified atom stereocenters. The lowest BCUT2D eigenvalue weighted by atomic mass is 10.0. The molecule has 7 nitrogen and oxygen atoms in total. The third kappa shape index (κ3) is 4.54. The Hall–Kier alpha value is -3.45. The molecule has 1 saturated heterocycles. The van der Waals surface area contributed by atoms with Crippen LogP contribution in [0.3, 0.4) is 0 Å². The van der Waals surface area contributed by atoms with E-state index in [1.807, 2.05) is 49.4 Å². The van der Waals surface area contributed by atoms with Gasteiger partial charge in [-0.15, -0.1) is 10.2 Å². The molecule has 0 saturated carbocycles. The SMILES string of the molecule is COc1ccc([C@H]2CCCCCN2Cc2nnc(-c3c(-c4ccccc4)noc3C)o2)cc1. The molecule has 1 atom stereocenters. The highest BCUT2D eigenvalue weighted by atomic mass is 16.5. The average Bonchev–Trinajstić information content (AvgIpc) is 3.40. The van der Waals surface area contributed by atoms with E-state index in [1.54, 1.807) is 7.11 Å². The van der Waals surface area contributed by atoms with Crippen LogP contribution in [0.1, 0.15) is 48.9 Å². The van der Waals surface area contributed by atoms with Crippen LogP contribution >= 0.6 is 0 Å². The number of benzene rings is 2. The van der Waals surface area contributed by atoms with Crippen LogP contribution < -0.4 is 4.74 Å². The van der Waals surface area contributed by atoms with Crippen LogP contribution in [-0.2, 0) is 6.54 Å². The molecule has 7 heteroatoms. The minimum atomic E-state index is 0.311. The summed E-state index contributed by atoms with van der Waals surface area (Å²) >= 11 is 0. The standard InChI is InChI=1S/C26H28N4O3/c1-18-24(25(29-33-18)20-9-5-3-6-10-20)26-28-27-23(32-26)17-30-16-8-4-7-11-22(30)19-12-14-21(31-2)15-13-19/h3,5-6,9-10,12-15,22H,4,7-8,11,16-17H2,1-2H3/t22-/m1/s1. The van der Waals surface area contributed by atoms with Crippen LogP contribution in [-0.4, -0.2) is 33.9 Å². The average molecular weight is 445 g/mol. The third-order valence-corrected chi connectivity index (χ3v) is 6.29. The summed E-state index contributed by atoms with van der Waals surface area (Å²) in [6.45, 7) is 3.47. The molecule has 0 N–H and O–H groups in total. The first-order valence-electron chi connectivity index (χ1n) is 11.5. The summed E-state index contributed by atoms with van der Waals surface area (Å²) < 4.78 is 17.0. The van der Waals surface area contributed by atoms with E-state index >= 15 is 0 Å². The number of hydrogen-bond donors (Lipinski definition) is 0. The molecule has 0 aliphatic carbocycles. The smallest absolute Gasteiger partial charge is 0.253 e. The first kappa shape index (κ1) is 21.4. The van der Waals surface area contributed by atoms with E-state index in [4.69, 9.17) is 13.7 Å². The number of ether oxygens (including phenoxy) is 1. The maximum Gasteiger partial charge on any atom is 0.253 e. The predicted molar refractivity (Wildman–Crippen MR) is 125 cm³/mol. The second-order valence-electron chi connectivity index (χ2n) is 8.44. The second-order valence-corrected chi connectivity index (χ2v) is 8.44. The van der Waals surface area contributed by atoms with Crippen molar-refractivity contribution in [2.24, 2.45) is 0 Å². The predicted octanol–water partition coefficient (Wildman–Crippen LogP) is 5.83. The van der Waals surface area contributed by atoms with Crippen molar-refractivity contribution >= 4 is 0 Å². The fourth-order valence-electron chi connectivity index (χ4n) is 4.57. The Morgan fingerprint density at radius 3 is 2.61 bits per heavy atom. The van der Waals surface area contributed by atoms with Gasteiger partial charge in [-0.1, -0.05) is 60.5 Å². The molecule has 1 aliphatic rings. The van der Waals surface area contributed by atoms with E-state index in [-0.39, 0.29) is 0 Å². The van der Waals surface area contributed by atoms with E-state index in [2.05, 4.69) is 32.4 Å². The van der Waals surface area contributed by atoms with E-state index in [0.29, 0.717) is 35.8 Å². The lowest BCUT2D eigenvalue weighted by molar-refractivity contribution is 0.175. The first-order valence-corrected chi connectivity index (χ1v) is 11.5. The van der Waals surface area contributed by atoms with Gasteiger partial charge in [-0.3, -0.25) is 4.90 Å². The molecule has 3 heterocycles. The Balaban J connectivity index is 1.40. The molecular weight excluding hydrogens is 416 g/mol. The van der Waals surface area contributed by atoms with E-state index in [1.165, 1.54) is 18.4 Å². The number of likely N-dealkylation sites (tertiary alicyclic amines) is 1. The fraction of sp³-hybridized carbons (Fsp3) is 0.346. The summed E-state index contributed by atoms with van der Waals surface area (Å²) in [5, 5.41) is 13.0. The number of aromatic nitrogens is 3. The van der Waals surface area contributed by atoms with Gasteiger partial charge in [-0.05, 0) is 44.0 Å². The number of hydrogen-bond acceptors (Lipinski definition) is 7. The molecule has 2 aromatic carbocycles. The zero-order valence-corrected chi connectivity index (χ0v) is 19.0. The topological polar surface area (TPSA) is 77.4 Å². The molecule has 5 rings (SSSR count). The van der Waals surface area contributed by atoms with Gasteiger partial charge >= 0.3 is 0 Å². The summed E-state index contributed by atoms with van der Waals surface area (Å²) in [5.41, 5.74) is 3.71. The molecule has 0 bridgehead atoms. The maximum absolute atomic E-state index is 6.15. The van der Waals surface area contributed by atoms with Crippen LogP contribution in [0.15, 0.2) is 63.5 Å². The zero-order chi connectivity index (χ0) is 22.6. The summed E-state index contributed by atoms with van der Waals surface area (Å²) in [4.78, 5) is 2.45.